The normalized spacial score (nSPS) is 10.7. The van der Waals surface area contributed by atoms with Gasteiger partial charge < -0.3 is 10.2 Å². The van der Waals surface area contributed by atoms with Crippen LogP contribution in [-0.2, 0) is 6.54 Å². The summed E-state index contributed by atoms with van der Waals surface area (Å²) in [5.74, 6) is 2.08. The second-order valence-electron chi connectivity index (χ2n) is 5.59. The van der Waals surface area contributed by atoms with Crippen LogP contribution in [-0.4, -0.2) is 28.8 Å². The number of hydrogen-bond acceptors (Lipinski definition) is 5. The average Bonchev–Trinajstić information content (AvgIpc) is 2.48. The van der Waals surface area contributed by atoms with E-state index in [2.05, 4.69) is 46.5 Å². The highest BCUT2D eigenvalue weighted by molar-refractivity contribution is 5.39. The second kappa shape index (κ2) is 7.57. The minimum atomic E-state index is 0.633. The molecule has 5 heteroatoms. The van der Waals surface area contributed by atoms with Crippen molar-refractivity contribution in [3.05, 3.63) is 42.1 Å². The van der Waals surface area contributed by atoms with E-state index < -0.39 is 0 Å². The number of aromatic nitrogens is 3. The summed E-state index contributed by atoms with van der Waals surface area (Å²) in [5, 5.41) is 11.4. The number of nitrogens with zero attached hydrogens (tertiary/aromatic N) is 4. The van der Waals surface area contributed by atoms with Gasteiger partial charge in [-0.1, -0.05) is 44.2 Å². The van der Waals surface area contributed by atoms with E-state index in [9.17, 15) is 0 Å². The van der Waals surface area contributed by atoms with Crippen LogP contribution in [0.3, 0.4) is 0 Å². The van der Waals surface area contributed by atoms with Gasteiger partial charge in [0.25, 0.3) is 0 Å². The van der Waals surface area contributed by atoms with Gasteiger partial charge in [-0.3, -0.25) is 0 Å². The molecule has 0 radical (unpaired) electrons. The van der Waals surface area contributed by atoms with Crippen molar-refractivity contribution in [1.82, 2.24) is 15.2 Å². The Hall–Kier alpha value is -2.17. The molecule has 0 unspecified atom stereocenters. The summed E-state index contributed by atoms with van der Waals surface area (Å²) in [7, 11) is 1.97. The molecule has 0 saturated carbocycles. The molecule has 0 bridgehead atoms. The minimum Gasteiger partial charge on any atom is -0.369 e. The molecular weight excluding hydrogens is 262 g/mol. The number of nitrogens with one attached hydrogen (secondary N) is 1. The van der Waals surface area contributed by atoms with Crippen LogP contribution in [0.15, 0.2) is 36.5 Å². The Morgan fingerprint density at radius 1 is 1.19 bits per heavy atom. The molecule has 0 aliphatic heterocycles. The van der Waals surface area contributed by atoms with Gasteiger partial charge in [0, 0.05) is 20.1 Å². The van der Waals surface area contributed by atoms with Crippen molar-refractivity contribution in [2.45, 2.75) is 26.8 Å². The molecule has 2 rings (SSSR count). The quantitative estimate of drug-likeness (QED) is 0.847. The summed E-state index contributed by atoms with van der Waals surface area (Å²) in [6.45, 7) is 6.08. The van der Waals surface area contributed by atoms with Crippen LogP contribution < -0.4 is 10.2 Å². The zero-order valence-corrected chi connectivity index (χ0v) is 13.0. The largest absolute Gasteiger partial charge is 0.369 e. The SMILES string of the molecule is CC(C)CCNc1cnnc(N(C)Cc2ccccc2)n1. The van der Waals surface area contributed by atoms with Gasteiger partial charge in [-0.25, -0.2) is 0 Å². The fraction of sp³-hybridized carbons (Fsp3) is 0.438. The maximum absolute atomic E-state index is 4.51. The molecule has 0 aliphatic rings. The summed E-state index contributed by atoms with van der Waals surface area (Å²) in [6, 6.07) is 10.3. The Kier molecular flexibility index (Phi) is 5.49. The van der Waals surface area contributed by atoms with Gasteiger partial charge in [0.15, 0.2) is 5.82 Å². The molecule has 0 spiro atoms. The zero-order valence-electron chi connectivity index (χ0n) is 13.0. The van der Waals surface area contributed by atoms with Crippen molar-refractivity contribution >= 4 is 11.8 Å². The summed E-state index contributed by atoms with van der Waals surface area (Å²) in [4.78, 5) is 6.50. The highest BCUT2D eigenvalue weighted by atomic mass is 15.3. The molecule has 1 aromatic heterocycles. The molecule has 0 amide bonds. The molecule has 0 atom stereocenters. The van der Waals surface area contributed by atoms with Crippen molar-refractivity contribution in [3.8, 4) is 0 Å². The Morgan fingerprint density at radius 3 is 2.67 bits per heavy atom. The molecule has 21 heavy (non-hydrogen) atoms. The minimum absolute atomic E-state index is 0.633. The van der Waals surface area contributed by atoms with Gasteiger partial charge in [0.2, 0.25) is 5.95 Å². The van der Waals surface area contributed by atoms with E-state index in [0.29, 0.717) is 11.9 Å². The summed E-state index contributed by atoms with van der Waals surface area (Å²) < 4.78 is 0. The van der Waals surface area contributed by atoms with Gasteiger partial charge in [-0.2, -0.15) is 10.1 Å². The van der Waals surface area contributed by atoms with Crippen LogP contribution in [0.4, 0.5) is 11.8 Å². The molecule has 0 saturated heterocycles. The molecule has 1 aromatic carbocycles. The highest BCUT2D eigenvalue weighted by Crippen LogP contribution is 2.11. The van der Waals surface area contributed by atoms with E-state index in [-0.39, 0.29) is 0 Å². The number of hydrogen-bond donors (Lipinski definition) is 1. The Morgan fingerprint density at radius 2 is 1.95 bits per heavy atom. The first-order valence-corrected chi connectivity index (χ1v) is 7.34. The van der Waals surface area contributed by atoms with E-state index >= 15 is 0 Å². The third-order valence-corrected chi connectivity index (χ3v) is 3.18. The van der Waals surface area contributed by atoms with Crippen molar-refractivity contribution in [2.24, 2.45) is 5.92 Å². The van der Waals surface area contributed by atoms with E-state index in [1.54, 1.807) is 6.20 Å². The first-order valence-electron chi connectivity index (χ1n) is 7.34. The molecule has 1 N–H and O–H groups in total. The van der Waals surface area contributed by atoms with Crippen LogP contribution in [0.5, 0.6) is 0 Å². The van der Waals surface area contributed by atoms with Gasteiger partial charge >= 0.3 is 0 Å². The molecule has 0 aliphatic carbocycles. The third kappa shape index (κ3) is 5.02. The average molecular weight is 285 g/mol. The van der Waals surface area contributed by atoms with Gasteiger partial charge in [0.05, 0.1) is 6.20 Å². The molecule has 2 aromatic rings. The van der Waals surface area contributed by atoms with Crippen molar-refractivity contribution < 1.29 is 0 Å². The lowest BCUT2D eigenvalue weighted by atomic mass is 10.1. The predicted molar refractivity (Wildman–Crippen MR) is 86.3 cm³/mol. The standard InChI is InChI=1S/C16H23N5/c1-13(2)9-10-17-15-11-18-20-16(19-15)21(3)12-14-7-5-4-6-8-14/h4-8,11,13H,9-10,12H2,1-3H3,(H,17,19,20). The molecule has 1 heterocycles. The van der Waals surface area contributed by atoms with Crippen LogP contribution in [0.25, 0.3) is 0 Å². The van der Waals surface area contributed by atoms with Crippen LogP contribution >= 0.6 is 0 Å². The smallest absolute Gasteiger partial charge is 0.247 e. The van der Waals surface area contributed by atoms with Crippen molar-refractivity contribution in [2.75, 3.05) is 23.8 Å². The van der Waals surface area contributed by atoms with Crippen LogP contribution in [0.1, 0.15) is 25.8 Å². The van der Waals surface area contributed by atoms with Gasteiger partial charge in [-0.15, -0.1) is 5.10 Å². The lowest BCUT2D eigenvalue weighted by Gasteiger charge is -2.17. The monoisotopic (exact) mass is 285 g/mol. The lowest BCUT2D eigenvalue weighted by Crippen LogP contribution is -2.20. The molecule has 112 valence electrons. The van der Waals surface area contributed by atoms with Gasteiger partial charge in [0.1, 0.15) is 0 Å². The zero-order chi connectivity index (χ0) is 15.1. The van der Waals surface area contributed by atoms with E-state index in [1.165, 1.54) is 5.56 Å². The number of rotatable bonds is 7. The van der Waals surface area contributed by atoms with E-state index in [0.717, 1.165) is 25.3 Å². The first-order chi connectivity index (χ1) is 10.1. The third-order valence-electron chi connectivity index (χ3n) is 3.18. The van der Waals surface area contributed by atoms with Crippen LogP contribution in [0.2, 0.25) is 0 Å². The Balaban J connectivity index is 1.96. The van der Waals surface area contributed by atoms with Crippen molar-refractivity contribution in [3.63, 3.8) is 0 Å². The maximum Gasteiger partial charge on any atom is 0.247 e. The number of anilines is 2. The first kappa shape index (κ1) is 15.2. The molecule has 5 nitrogen and oxygen atoms in total. The predicted octanol–water partition coefficient (Wildman–Crippen LogP) is 2.97. The summed E-state index contributed by atoms with van der Waals surface area (Å²) >= 11 is 0. The van der Waals surface area contributed by atoms with Crippen molar-refractivity contribution in [1.29, 1.82) is 0 Å². The topological polar surface area (TPSA) is 53.9 Å². The van der Waals surface area contributed by atoms with E-state index in [1.807, 2.05) is 30.1 Å². The fourth-order valence-electron chi connectivity index (χ4n) is 1.96. The second-order valence-corrected chi connectivity index (χ2v) is 5.59. The maximum atomic E-state index is 4.51. The van der Waals surface area contributed by atoms with E-state index in [4.69, 9.17) is 0 Å². The van der Waals surface area contributed by atoms with Gasteiger partial charge in [-0.05, 0) is 17.9 Å². The lowest BCUT2D eigenvalue weighted by molar-refractivity contribution is 0.606. The molecule has 0 fully saturated rings. The Bertz CT molecular complexity index is 541. The highest BCUT2D eigenvalue weighted by Gasteiger charge is 2.07. The molecular formula is C16H23N5. The fourth-order valence-corrected chi connectivity index (χ4v) is 1.96. The van der Waals surface area contributed by atoms with Crippen LogP contribution in [0, 0.1) is 5.92 Å². The summed E-state index contributed by atoms with van der Waals surface area (Å²) in [6.07, 6.45) is 2.78. The Labute approximate surface area is 126 Å². The number of benzene rings is 1. The summed E-state index contributed by atoms with van der Waals surface area (Å²) in [5.41, 5.74) is 1.22.